The number of benzene rings is 2. The van der Waals surface area contributed by atoms with E-state index in [0.717, 1.165) is 22.4 Å². The lowest BCUT2D eigenvalue weighted by atomic mass is 9.99. The van der Waals surface area contributed by atoms with Gasteiger partial charge in [0.15, 0.2) is 0 Å². The molecule has 31 heavy (non-hydrogen) atoms. The first-order valence-electron chi connectivity index (χ1n) is 9.85. The maximum absolute atomic E-state index is 13.6. The van der Waals surface area contributed by atoms with Gasteiger partial charge < -0.3 is 5.32 Å². The zero-order chi connectivity index (χ0) is 21.6. The summed E-state index contributed by atoms with van der Waals surface area (Å²) in [5, 5.41) is 2.95. The van der Waals surface area contributed by atoms with Gasteiger partial charge in [-0.05, 0) is 47.5 Å². The highest BCUT2D eigenvalue weighted by molar-refractivity contribution is 6.19. The largest absolute Gasteiger partial charge is 0.352 e. The van der Waals surface area contributed by atoms with E-state index in [1.807, 2.05) is 42.5 Å². The number of amides is 1. The van der Waals surface area contributed by atoms with Gasteiger partial charge >= 0.3 is 0 Å². The van der Waals surface area contributed by atoms with Crippen molar-refractivity contribution in [3.05, 3.63) is 113 Å². The number of allylic oxidation sites excluding steroid dienone is 1. The van der Waals surface area contributed by atoms with E-state index in [4.69, 9.17) is 6.57 Å². The minimum atomic E-state index is -0.536. The quantitative estimate of drug-likeness (QED) is 0.603. The van der Waals surface area contributed by atoms with Crippen molar-refractivity contribution < 1.29 is 9.18 Å². The fourth-order valence-electron chi connectivity index (χ4n) is 3.41. The molecule has 0 radical (unpaired) electrons. The van der Waals surface area contributed by atoms with Gasteiger partial charge in [-0.15, -0.1) is 0 Å². The molecule has 1 aromatic heterocycles. The number of hydrogen-bond donors (Lipinski definition) is 1. The van der Waals surface area contributed by atoms with Crippen LogP contribution < -0.4 is 5.32 Å². The van der Waals surface area contributed by atoms with Crippen molar-refractivity contribution in [3.63, 3.8) is 0 Å². The molecule has 0 aliphatic carbocycles. The molecule has 0 bridgehead atoms. The van der Waals surface area contributed by atoms with Gasteiger partial charge in [0.25, 0.3) is 5.91 Å². The number of aromatic nitrogens is 1. The second-order valence-corrected chi connectivity index (χ2v) is 7.02. The van der Waals surface area contributed by atoms with Gasteiger partial charge in [0.2, 0.25) is 5.69 Å². The summed E-state index contributed by atoms with van der Waals surface area (Å²) in [5.41, 5.74) is 4.51. The normalized spacial score (nSPS) is 12.6. The summed E-state index contributed by atoms with van der Waals surface area (Å²) in [6.07, 6.45) is 4.27. The number of nitrogens with zero attached hydrogens (tertiary/aromatic N) is 3. The van der Waals surface area contributed by atoms with Crippen molar-refractivity contribution in [2.45, 2.75) is 6.42 Å². The van der Waals surface area contributed by atoms with Gasteiger partial charge in [-0.1, -0.05) is 30.3 Å². The number of halogens is 1. The van der Waals surface area contributed by atoms with Crippen molar-refractivity contribution in [2.75, 3.05) is 13.1 Å². The molecule has 2 aromatic carbocycles. The van der Waals surface area contributed by atoms with Gasteiger partial charge in [-0.3, -0.25) is 14.8 Å². The fourth-order valence-corrected chi connectivity index (χ4v) is 3.41. The van der Waals surface area contributed by atoms with Crippen LogP contribution >= 0.6 is 0 Å². The maximum Gasteiger partial charge on any atom is 0.251 e. The highest BCUT2D eigenvalue weighted by Crippen LogP contribution is 2.27. The number of carbonyl (C=O) groups excluding carboxylic acids is 1. The highest BCUT2D eigenvalue weighted by atomic mass is 19.1. The van der Waals surface area contributed by atoms with Gasteiger partial charge in [0, 0.05) is 36.0 Å². The molecule has 152 valence electrons. The van der Waals surface area contributed by atoms with Crippen molar-refractivity contribution in [2.24, 2.45) is 4.99 Å². The zero-order valence-electron chi connectivity index (χ0n) is 16.7. The Morgan fingerprint density at radius 3 is 2.77 bits per heavy atom. The van der Waals surface area contributed by atoms with Crippen LogP contribution in [0.5, 0.6) is 0 Å². The number of rotatable bonds is 6. The molecule has 1 amide bonds. The summed E-state index contributed by atoms with van der Waals surface area (Å²) in [6.45, 7) is 7.99. The average molecular weight is 410 g/mol. The zero-order valence-corrected chi connectivity index (χ0v) is 16.7. The highest BCUT2D eigenvalue weighted by Gasteiger charge is 2.18. The van der Waals surface area contributed by atoms with E-state index < -0.39 is 5.82 Å². The average Bonchev–Trinajstić information content (AvgIpc) is 3.30. The summed E-state index contributed by atoms with van der Waals surface area (Å²) in [4.78, 5) is 24.9. The minimum Gasteiger partial charge on any atom is -0.352 e. The number of hydrogen-bond acceptors (Lipinski definition) is 3. The molecule has 1 N–H and O–H groups in total. The minimum absolute atomic E-state index is 0.0143. The molecule has 0 saturated carbocycles. The second kappa shape index (κ2) is 9.14. The standard InChI is InChI=1S/C25H19FN4O/c1-27-24-14-17(9-10-22(24)26)18-15-23(30-16-18)20-7-2-3-8-21(20)25(31)29-13-11-19-6-4-5-12-28-19/h2-10,12,14-15H,11,13,16H2,(H,29,31). The predicted octanol–water partition coefficient (Wildman–Crippen LogP) is 4.63. The third kappa shape index (κ3) is 4.57. The molecule has 1 aliphatic rings. The monoisotopic (exact) mass is 410 g/mol. The Balaban J connectivity index is 1.51. The summed E-state index contributed by atoms with van der Waals surface area (Å²) in [5.74, 6) is -0.709. The van der Waals surface area contributed by atoms with E-state index in [1.165, 1.54) is 12.1 Å². The molecule has 0 atom stereocenters. The first-order valence-corrected chi connectivity index (χ1v) is 9.85. The maximum atomic E-state index is 13.6. The lowest BCUT2D eigenvalue weighted by Crippen LogP contribution is -2.27. The van der Waals surface area contributed by atoms with Gasteiger partial charge in [0.05, 0.1) is 18.8 Å². The van der Waals surface area contributed by atoms with Crippen LogP contribution in [0.2, 0.25) is 0 Å². The van der Waals surface area contributed by atoms with Crippen LogP contribution in [-0.4, -0.2) is 29.7 Å². The molecule has 2 heterocycles. The van der Waals surface area contributed by atoms with Crippen LogP contribution in [-0.2, 0) is 6.42 Å². The van der Waals surface area contributed by atoms with E-state index in [-0.39, 0.29) is 11.6 Å². The third-order valence-corrected chi connectivity index (χ3v) is 5.01. The molecule has 3 aromatic rings. The molecular weight excluding hydrogens is 391 g/mol. The first-order chi connectivity index (χ1) is 15.2. The topological polar surface area (TPSA) is 58.7 Å². The fraction of sp³-hybridized carbons (Fsp3) is 0.120. The van der Waals surface area contributed by atoms with Crippen LogP contribution in [0, 0.1) is 12.4 Å². The van der Waals surface area contributed by atoms with Crippen molar-refractivity contribution in [1.82, 2.24) is 10.3 Å². The van der Waals surface area contributed by atoms with Gasteiger partial charge in [-0.2, -0.15) is 0 Å². The second-order valence-electron chi connectivity index (χ2n) is 7.02. The Bertz CT molecular complexity index is 1230. The predicted molar refractivity (Wildman–Crippen MR) is 119 cm³/mol. The summed E-state index contributed by atoms with van der Waals surface area (Å²) < 4.78 is 13.6. The smallest absolute Gasteiger partial charge is 0.251 e. The molecule has 0 fully saturated rings. The number of aliphatic imine (C=N–C) groups is 1. The van der Waals surface area contributed by atoms with Crippen LogP contribution in [0.15, 0.2) is 77.9 Å². The van der Waals surface area contributed by atoms with E-state index in [1.54, 1.807) is 18.3 Å². The van der Waals surface area contributed by atoms with Crippen molar-refractivity contribution >= 4 is 22.9 Å². The van der Waals surface area contributed by atoms with Gasteiger partial charge in [0.1, 0.15) is 5.82 Å². The van der Waals surface area contributed by atoms with Crippen molar-refractivity contribution in [1.29, 1.82) is 0 Å². The SMILES string of the molecule is [C-]#[N+]c1cc(C2=CC(c3ccccc3C(=O)NCCc3ccccn3)=NC2)ccc1F. The molecule has 6 heteroatoms. The molecule has 0 spiro atoms. The Kier molecular flexibility index (Phi) is 5.95. The molecule has 5 nitrogen and oxygen atoms in total. The number of pyridine rings is 1. The Morgan fingerprint density at radius 1 is 1.13 bits per heavy atom. The Labute approximate surface area is 179 Å². The first kappa shape index (κ1) is 20.2. The molecule has 1 aliphatic heterocycles. The number of carbonyl (C=O) groups is 1. The van der Waals surface area contributed by atoms with Crippen LogP contribution in [0.25, 0.3) is 10.4 Å². The summed E-state index contributed by atoms with van der Waals surface area (Å²) in [7, 11) is 0. The molecule has 0 unspecified atom stereocenters. The molecule has 4 rings (SSSR count). The molecular formula is C25H19FN4O. The Morgan fingerprint density at radius 2 is 1.97 bits per heavy atom. The van der Waals surface area contributed by atoms with E-state index in [0.29, 0.717) is 30.8 Å². The van der Waals surface area contributed by atoms with Crippen LogP contribution in [0.3, 0.4) is 0 Å². The van der Waals surface area contributed by atoms with Crippen LogP contribution in [0.4, 0.5) is 10.1 Å². The van der Waals surface area contributed by atoms with Crippen LogP contribution in [0.1, 0.15) is 27.2 Å². The summed E-state index contributed by atoms with van der Waals surface area (Å²) >= 11 is 0. The lowest BCUT2D eigenvalue weighted by Gasteiger charge is -2.09. The number of nitrogens with one attached hydrogen (secondary N) is 1. The van der Waals surface area contributed by atoms with Gasteiger partial charge in [-0.25, -0.2) is 9.24 Å². The Hall–Kier alpha value is -4.11. The lowest BCUT2D eigenvalue weighted by molar-refractivity contribution is 0.0954. The van der Waals surface area contributed by atoms with E-state index in [2.05, 4.69) is 20.1 Å². The molecule has 0 saturated heterocycles. The van der Waals surface area contributed by atoms with E-state index in [9.17, 15) is 9.18 Å². The van der Waals surface area contributed by atoms with Crippen molar-refractivity contribution in [3.8, 4) is 0 Å². The summed E-state index contributed by atoms with van der Waals surface area (Å²) in [6, 6.07) is 17.5. The van der Waals surface area contributed by atoms with E-state index >= 15 is 0 Å². The third-order valence-electron chi connectivity index (χ3n) is 5.01.